The molecule has 30 heavy (non-hydrogen) atoms. The molecule has 152 valence electrons. The molecule has 0 aliphatic carbocycles. The van der Waals surface area contributed by atoms with E-state index in [0.29, 0.717) is 24.5 Å². The number of benzene rings is 1. The van der Waals surface area contributed by atoms with Gasteiger partial charge in [-0.1, -0.05) is 12.1 Å². The Balaban J connectivity index is 1.37. The molecule has 0 aliphatic heterocycles. The van der Waals surface area contributed by atoms with Gasteiger partial charge in [0.2, 0.25) is 5.95 Å². The van der Waals surface area contributed by atoms with Crippen LogP contribution in [0.15, 0.2) is 54.2 Å². The van der Waals surface area contributed by atoms with Gasteiger partial charge in [-0.2, -0.15) is 0 Å². The second-order valence-corrected chi connectivity index (χ2v) is 7.84. The van der Waals surface area contributed by atoms with Crippen molar-refractivity contribution in [3.05, 3.63) is 76.8 Å². The van der Waals surface area contributed by atoms with E-state index in [1.807, 2.05) is 49.6 Å². The van der Waals surface area contributed by atoms with Gasteiger partial charge in [0.25, 0.3) is 5.91 Å². The molecule has 3 heterocycles. The molecule has 0 saturated heterocycles. The average Bonchev–Trinajstić information content (AvgIpc) is 3.39. The summed E-state index contributed by atoms with van der Waals surface area (Å²) < 4.78 is 0. The van der Waals surface area contributed by atoms with E-state index < -0.39 is 0 Å². The molecule has 0 spiro atoms. The Labute approximate surface area is 178 Å². The number of aromatic nitrogens is 4. The summed E-state index contributed by atoms with van der Waals surface area (Å²) in [6.45, 7) is 4.36. The van der Waals surface area contributed by atoms with Crippen LogP contribution in [0.4, 0.5) is 11.6 Å². The number of aromatic amines is 1. The smallest absolute Gasteiger partial charge is 0.251 e. The molecule has 8 heteroatoms. The highest BCUT2D eigenvalue weighted by atomic mass is 32.1. The van der Waals surface area contributed by atoms with Gasteiger partial charge in [0.1, 0.15) is 5.69 Å². The Morgan fingerprint density at radius 2 is 1.93 bits per heavy atom. The second-order valence-electron chi connectivity index (χ2n) is 6.89. The maximum atomic E-state index is 12.6. The zero-order valence-corrected chi connectivity index (χ0v) is 17.6. The predicted octanol–water partition coefficient (Wildman–Crippen LogP) is 4.26. The maximum Gasteiger partial charge on any atom is 0.251 e. The number of imidazole rings is 1. The quantitative estimate of drug-likeness (QED) is 0.417. The van der Waals surface area contributed by atoms with Crippen molar-refractivity contribution in [2.24, 2.45) is 0 Å². The molecule has 7 nitrogen and oxygen atoms in total. The third-order valence-corrected chi connectivity index (χ3v) is 5.37. The third-order valence-electron chi connectivity index (χ3n) is 4.50. The molecule has 4 aromatic rings. The predicted molar refractivity (Wildman–Crippen MR) is 119 cm³/mol. The van der Waals surface area contributed by atoms with Crippen LogP contribution in [0.25, 0.3) is 10.6 Å². The molecule has 1 aromatic carbocycles. The van der Waals surface area contributed by atoms with E-state index in [2.05, 4.69) is 30.6 Å². The molecule has 0 saturated carbocycles. The SMILES string of the molecule is Cc1cc(C)nc(Nc2cccc(C(=O)NCCc3[nH]cnc3-c3cccs3)c2)n1. The van der Waals surface area contributed by atoms with Crippen LogP contribution in [0, 0.1) is 13.8 Å². The number of anilines is 2. The van der Waals surface area contributed by atoms with Gasteiger partial charge < -0.3 is 15.6 Å². The van der Waals surface area contributed by atoms with Crippen molar-refractivity contribution in [3.8, 4) is 10.6 Å². The first-order valence-electron chi connectivity index (χ1n) is 9.62. The molecule has 3 N–H and O–H groups in total. The molecule has 4 rings (SSSR count). The first-order chi connectivity index (χ1) is 14.6. The number of rotatable bonds is 7. The molecule has 0 fully saturated rings. The van der Waals surface area contributed by atoms with Gasteiger partial charge in [-0.3, -0.25) is 4.79 Å². The van der Waals surface area contributed by atoms with Crippen LogP contribution in [0.5, 0.6) is 0 Å². The minimum atomic E-state index is -0.128. The van der Waals surface area contributed by atoms with Crippen LogP contribution in [-0.4, -0.2) is 32.4 Å². The highest BCUT2D eigenvalue weighted by Gasteiger charge is 2.11. The Morgan fingerprint density at radius 3 is 2.70 bits per heavy atom. The van der Waals surface area contributed by atoms with E-state index in [0.717, 1.165) is 33.3 Å². The summed E-state index contributed by atoms with van der Waals surface area (Å²) in [4.78, 5) is 30.1. The van der Waals surface area contributed by atoms with Gasteiger partial charge in [0.15, 0.2) is 0 Å². The minimum absolute atomic E-state index is 0.128. The van der Waals surface area contributed by atoms with Crippen molar-refractivity contribution in [2.45, 2.75) is 20.3 Å². The summed E-state index contributed by atoms with van der Waals surface area (Å²) in [6.07, 6.45) is 2.36. The second kappa shape index (κ2) is 8.87. The first-order valence-corrected chi connectivity index (χ1v) is 10.5. The Morgan fingerprint density at radius 1 is 1.10 bits per heavy atom. The largest absolute Gasteiger partial charge is 0.352 e. The molecule has 0 aliphatic rings. The van der Waals surface area contributed by atoms with E-state index in [1.54, 1.807) is 29.8 Å². The van der Waals surface area contributed by atoms with Crippen molar-refractivity contribution < 1.29 is 4.79 Å². The molecule has 0 atom stereocenters. The lowest BCUT2D eigenvalue weighted by atomic mass is 10.1. The molecular formula is C22H22N6OS. The Hall–Kier alpha value is -3.52. The first kappa shape index (κ1) is 19.8. The summed E-state index contributed by atoms with van der Waals surface area (Å²) in [6, 6.07) is 13.3. The van der Waals surface area contributed by atoms with E-state index in [-0.39, 0.29) is 5.91 Å². The number of thiophene rings is 1. The lowest BCUT2D eigenvalue weighted by molar-refractivity contribution is 0.0954. The summed E-state index contributed by atoms with van der Waals surface area (Å²) in [7, 11) is 0. The number of H-pyrrole nitrogens is 1. The molecule has 0 bridgehead atoms. The molecular weight excluding hydrogens is 396 g/mol. The number of nitrogens with one attached hydrogen (secondary N) is 3. The molecule has 0 unspecified atom stereocenters. The van der Waals surface area contributed by atoms with E-state index in [1.165, 1.54) is 0 Å². The zero-order chi connectivity index (χ0) is 20.9. The zero-order valence-electron chi connectivity index (χ0n) is 16.8. The summed E-state index contributed by atoms with van der Waals surface area (Å²) in [5, 5.41) is 8.17. The number of hydrogen-bond donors (Lipinski definition) is 3. The monoisotopic (exact) mass is 418 g/mol. The number of hydrogen-bond acceptors (Lipinski definition) is 6. The van der Waals surface area contributed by atoms with Crippen molar-refractivity contribution >= 4 is 28.9 Å². The van der Waals surface area contributed by atoms with Gasteiger partial charge in [-0.25, -0.2) is 15.0 Å². The van der Waals surface area contributed by atoms with Crippen LogP contribution in [0.2, 0.25) is 0 Å². The van der Waals surface area contributed by atoms with Crippen molar-refractivity contribution in [1.29, 1.82) is 0 Å². The molecule has 1 amide bonds. The highest BCUT2D eigenvalue weighted by Crippen LogP contribution is 2.25. The summed E-state index contributed by atoms with van der Waals surface area (Å²) in [5.74, 6) is 0.391. The van der Waals surface area contributed by atoms with E-state index >= 15 is 0 Å². The van der Waals surface area contributed by atoms with Crippen LogP contribution < -0.4 is 10.6 Å². The average molecular weight is 419 g/mol. The van der Waals surface area contributed by atoms with Gasteiger partial charge in [-0.05, 0) is 49.6 Å². The van der Waals surface area contributed by atoms with Crippen LogP contribution in [-0.2, 0) is 6.42 Å². The number of nitrogens with zero attached hydrogens (tertiary/aromatic N) is 3. The lowest BCUT2D eigenvalue weighted by Gasteiger charge is -2.09. The Kier molecular flexibility index (Phi) is 5.85. The van der Waals surface area contributed by atoms with Crippen LogP contribution in [0.1, 0.15) is 27.4 Å². The van der Waals surface area contributed by atoms with Crippen molar-refractivity contribution in [1.82, 2.24) is 25.3 Å². The normalized spacial score (nSPS) is 10.7. The number of amides is 1. The van der Waals surface area contributed by atoms with Crippen LogP contribution >= 0.6 is 11.3 Å². The van der Waals surface area contributed by atoms with Gasteiger partial charge in [0.05, 0.1) is 11.2 Å². The summed E-state index contributed by atoms with van der Waals surface area (Å²) >= 11 is 1.65. The van der Waals surface area contributed by atoms with Crippen molar-refractivity contribution in [3.63, 3.8) is 0 Å². The fourth-order valence-corrected chi connectivity index (χ4v) is 3.94. The highest BCUT2D eigenvalue weighted by molar-refractivity contribution is 7.13. The van der Waals surface area contributed by atoms with E-state index in [9.17, 15) is 4.79 Å². The molecule has 3 aromatic heterocycles. The van der Waals surface area contributed by atoms with E-state index in [4.69, 9.17) is 0 Å². The summed E-state index contributed by atoms with van der Waals surface area (Å²) in [5.41, 5.74) is 5.08. The van der Waals surface area contributed by atoms with Gasteiger partial charge in [-0.15, -0.1) is 11.3 Å². The number of aryl methyl sites for hydroxylation is 2. The fourth-order valence-electron chi connectivity index (χ4n) is 3.19. The maximum absolute atomic E-state index is 12.6. The number of carbonyl (C=O) groups is 1. The minimum Gasteiger partial charge on any atom is -0.352 e. The standard InChI is InChI=1S/C22H22N6OS/c1-14-11-15(2)27-22(26-14)28-17-6-3-5-16(12-17)21(29)23-9-8-18-20(25-13-24-18)19-7-4-10-30-19/h3-7,10-13H,8-9H2,1-2H3,(H,23,29)(H,24,25)(H,26,27,28). The molecule has 0 radical (unpaired) electrons. The topological polar surface area (TPSA) is 95.6 Å². The lowest BCUT2D eigenvalue weighted by Crippen LogP contribution is -2.25. The van der Waals surface area contributed by atoms with Gasteiger partial charge in [0, 0.05) is 41.3 Å². The fraction of sp³-hybridized carbons (Fsp3) is 0.182. The third kappa shape index (κ3) is 4.72. The van der Waals surface area contributed by atoms with Crippen LogP contribution in [0.3, 0.4) is 0 Å². The van der Waals surface area contributed by atoms with Crippen molar-refractivity contribution in [2.75, 3.05) is 11.9 Å². The number of carbonyl (C=O) groups excluding carboxylic acids is 1. The Bertz CT molecular complexity index is 1130. The van der Waals surface area contributed by atoms with Gasteiger partial charge >= 0.3 is 0 Å².